The SMILES string of the molecule is CN(C)CCSc1nc(CC(=O)Nc2cc(-c3cccc(C(F)(F)F)c3)nn2C)cs1. The lowest BCUT2D eigenvalue weighted by Gasteiger charge is -2.07. The number of hydrogen-bond donors (Lipinski definition) is 1. The van der Waals surface area contributed by atoms with Gasteiger partial charge in [-0.15, -0.1) is 11.3 Å². The van der Waals surface area contributed by atoms with E-state index in [0.717, 1.165) is 28.8 Å². The van der Waals surface area contributed by atoms with Crippen molar-refractivity contribution in [2.45, 2.75) is 16.9 Å². The van der Waals surface area contributed by atoms with Gasteiger partial charge in [-0.25, -0.2) is 4.98 Å². The Bertz CT molecular complexity index is 1050. The van der Waals surface area contributed by atoms with Crippen molar-refractivity contribution < 1.29 is 18.0 Å². The highest BCUT2D eigenvalue weighted by Gasteiger charge is 2.30. The summed E-state index contributed by atoms with van der Waals surface area (Å²) in [5.74, 6) is 1.04. The molecule has 0 unspecified atom stereocenters. The summed E-state index contributed by atoms with van der Waals surface area (Å²) in [6.07, 6.45) is -4.33. The van der Waals surface area contributed by atoms with E-state index in [2.05, 4.69) is 20.3 Å². The fraction of sp³-hybridized carbons (Fsp3) is 0.350. The van der Waals surface area contributed by atoms with Crippen LogP contribution in [0.3, 0.4) is 0 Å². The van der Waals surface area contributed by atoms with Crippen LogP contribution in [0.5, 0.6) is 0 Å². The number of rotatable bonds is 8. The zero-order chi connectivity index (χ0) is 22.6. The van der Waals surface area contributed by atoms with Gasteiger partial charge in [0.05, 0.1) is 23.4 Å². The molecule has 1 N–H and O–H groups in total. The molecule has 0 atom stereocenters. The van der Waals surface area contributed by atoms with E-state index in [4.69, 9.17) is 0 Å². The van der Waals surface area contributed by atoms with Crippen LogP contribution in [0.1, 0.15) is 11.3 Å². The Balaban J connectivity index is 1.63. The van der Waals surface area contributed by atoms with E-state index in [9.17, 15) is 18.0 Å². The highest BCUT2D eigenvalue weighted by atomic mass is 32.2. The predicted octanol–water partition coefficient (Wildman–Crippen LogP) is 4.40. The Kier molecular flexibility index (Phi) is 7.39. The average molecular weight is 470 g/mol. The van der Waals surface area contributed by atoms with Crippen molar-refractivity contribution in [3.63, 3.8) is 0 Å². The maximum absolute atomic E-state index is 13.0. The fourth-order valence-corrected chi connectivity index (χ4v) is 4.71. The van der Waals surface area contributed by atoms with Gasteiger partial charge in [0.1, 0.15) is 10.2 Å². The molecular formula is C20H22F3N5OS2. The summed E-state index contributed by atoms with van der Waals surface area (Å²) in [5, 5.41) is 8.84. The number of aryl methyl sites for hydroxylation is 1. The number of thiazole rings is 1. The van der Waals surface area contributed by atoms with Crippen LogP contribution in [0.15, 0.2) is 40.1 Å². The molecule has 3 aromatic rings. The van der Waals surface area contributed by atoms with Crippen molar-refractivity contribution >= 4 is 34.8 Å². The Hall–Kier alpha value is -2.37. The van der Waals surface area contributed by atoms with E-state index in [1.165, 1.54) is 22.1 Å². The molecule has 0 spiro atoms. The Labute approximate surface area is 186 Å². The number of nitrogens with one attached hydrogen (secondary N) is 1. The molecule has 0 saturated carbocycles. The first-order valence-electron chi connectivity index (χ1n) is 9.35. The summed E-state index contributed by atoms with van der Waals surface area (Å²) in [5.41, 5.74) is 0.598. The fourth-order valence-electron chi connectivity index (χ4n) is 2.68. The van der Waals surface area contributed by atoms with Crippen LogP contribution in [0, 0.1) is 0 Å². The zero-order valence-electron chi connectivity index (χ0n) is 17.2. The smallest absolute Gasteiger partial charge is 0.311 e. The van der Waals surface area contributed by atoms with Crippen LogP contribution >= 0.6 is 23.1 Å². The number of benzene rings is 1. The topological polar surface area (TPSA) is 63.1 Å². The lowest BCUT2D eigenvalue weighted by molar-refractivity contribution is -0.137. The Morgan fingerprint density at radius 3 is 2.77 bits per heavy atom. The molecule has 31 heavy (non-hydrogen) atoms. The Morgan fingerprint density at radius 1 is 1.29 bits per heavy atom. The van der Waals surface area contributed by atoms with Crippen LogP contribution < -0.4 is 5.32 Å². The van der Waals surface area contributed by atoms with Crippen molar-refractivity contribution in [2.24, 2.45) is 7.05 Å². The predicted molar refractivity (Wildman–Crippen MR) is 117 cm³/mol. The van der Waals surface area contributed by atoms with E-state index in [1.807, 2.05) is 19.5 Å². The van der Waals surface area contributed by atoms with Crippen LogP contribution in [0.25, 0.3) is 11.3 Å². The molecule has 1 amide bonds. The van der Waals surface area contributed by atoms with Gasteiger partial charge in [0.15, 0.2) is 0 Å². The van der Waals surface area contributed by atoms with Crippen LogP contribution in [-0.2, 0) is 24.4 Å². The van der Waals surface area contributed by atoms with E-state index < -0.39 is 11.7 Å². The number of thioether (sulfide) groups is 1. The number of halogens is 3. The molecule has 0 saturated heterocycles. The molecule has 0 aliphatic carbocycles. The van der Waals surface area contributed by atoms with Crippen LogP contribution in [0.2, 0.25) is 0 Å². The van der Waals surface area contributed by atoms with E-state index in [-0.39, 0.29) is 12.3 Å². The maximum atomic E-state index is 13.0. The standard InChI is InChI=1S/C20H22F3N5OS2/c1-27(2)7-8-30-19-24-15(12-31-19)10-18(29)25-17-11-16(26-28(17)3)13-5-4-6-14(9-13)20(21,22)23/h4-6,9,11-12H,7-8,10H2,1-3H3,(H,25,29). The second kappa shape index (κ2) is 9.84. The average Bonchev–Trinajstić information content (AvgIpc) is 3.27. The van der Waals surface area contributed by atoms with E-state index in [0.29, 0.717) is 22.8 Å². The molecule has 2 heterocycles. The number of anilines is 1. The van der Waals surface area contributed by atoms with Gasteiger partial charge in [0, 0.05) is 36.4 Å². The minimum absolute atomic E-state index is 0.106. The van der Waals surface area contributed by atoms with Gasteiger partial charge < -0.3 is 10.2 Å². The second-order valence-corrected chi connectivity index (χ2v) is 9.30. The first kappa shape index (κ1) is 23.3. The number of aromatic nitrogens is 3. The quantitative estimate of drug-likeness (QED) is 0.496. The van der Waals surface area contributed by atoms with Crippen LogP contribution in [-0.4, -0.2) is 52.0 Å². The molecule has 0 radical (unpaired) electrons. The van der Waals surface area contributed by atoms with Crippen molar-refractivity contribution in [1.82, 2.24) is 19.7 Å². The number of carbonyl (C=O) groups is 1. The van der Waals surface area contributed by atoms with Gasteiger partial charge in [-0.1, -0.05) is 23.9 Å². The molecule has 6 nitrogen and oxygen atoms in total. The third kappa shape index (κ3) is 6.55. The molecule has 0 aliphatic rings. The van der Waals surface area contributed by atoms with Crippen molar-refractivity contribution in [3.8, 4) is 11.3 Å². The molecule has 1 aromatic carbocycles. The van der Waals surface area contributed by atoms with Crippen molar-refractivity contribution in [3.05, 3.63) is 47.0 Å². The van der Waals surface area contributed by atoms with Gasteiger partial charge in [0.25, 0.3) is 0 Å². The monoisotopic (exact) mass is 469 g/mol. The molecule has 166 valence electrons. The van der Waals surface area contributed by atoms with E-state index in [1.54, 1.807) is 30.9 Å². The lowest BCUT2D eigenvalue weighted by atomic mass is 10.1. The summed E-state index contributed by atoms with van der Waals surface area (Å²) >= 11 is 3.15. The third-order valence-corrected chi connectivity index (χ3v) is 6.32. The summed E-state index contributed by atoms with van der Waals surface area (Å²) in [7, 11) is 5.64. The molecule has 2 aromatic heterocycles. The maximum Gasteiger partial charge on any atom is 0.416 e. The summed E-state index contributed by atoms with van der Waals surface area (Å²) in [6.45, 7) is 0.939. The highest BCUT2D eigenvalue weighted by Crippen LogP contribution is 2.32. The van der Waals surface area contributed by atoms with E-state index >= 15 is 0 Å². The molecule has 11 heteroatoms. The first-order chi connectivity index (χ1) is 14.6. The second-order valence-electron chi connectivity index (χ2n) is 7.10. The summed E-state index contributed by atoms with van der Waals surface area (Å²) < 4.78 is 41.2. The molecule has 3 rings (SSSR count). The highest BCUT2D eigenvalue weighted by molar-refractivity contribution is 8.01. The third-order valence-electron chi connectivity index (χ3n) is 4.27. The summed E-state index contributed by atoms with van der Waals surface area (Å²) in [6, 6.07) is 6.49. The van der Waals surface area contributed by atoms with Crippen molar-refractivity contribution in [2.75, 3.05) is 31.7 Å². The number of carbonyl (C=O) groups excluding carboxylic acids is 1. The largest absolute Gasteiger partial charge is 0.416 e. The number of hydrogen-bond acceptors (Lipinski definition) is 6. The minimum Gasteiger partial charge on any atom is -0.311 e. The molecule has 0 aliphatic heterocycles. The van der Waals surface area contributed by atoms with Gasteiger partial charge in [-0.2, -0.15) is 18.3 Å². The number of nitrogens with zero attached hydrogens (tertiary/aromatic N) is 4. The van der Waals surface area contributed by atoms with Gasteiger partial charge in [-0.3, -0.25) is 9.48 Å². The zero-order valence-corrected chi connectivity index (χ0v) is 18.9. The van der Waals surface area contributed by atoms with Gasteiger partial charge >= 0.3 is 6.18 Å². The number of amides is 1. The lowest BCUT2D eigenvalue weighted by Crippen LogP contribution is -2.16. The van der Waals surface area contributed by atoms with Gasteiger partial charge in [0.2, 0.25) is 5.91 Å². The minimum atomic E-state index is -4.43. The van der Waals surface area contributed by atoms with Crippen LogP contribution in [0.4, 0.5) is 19.0 Å². The number of alkyl halides is 3. The first-order valence-corrected chi connectivity index (χ1v) is 11.2. The van der Waals surface area contributed by atoms with Gasteiger partial charge in [-0.05, 0) is 26.2 Å². The normalized spacial score (nSPS) is 11.8. The molecule has 0 fully saturated rings. The summed E-state index contributed by atoms with van der Waals surface area (Å²) in [4.78, 5) is 19.0. The molecular weight excluding hydrogens is 447 g/mol. The Morgan fingerprint density at radius 2 is 2.06 bits per heavy atom. The van der Waals surface area contributed by atoms with Crippen molar-refractivity contribution in [1.29, 1.82) is 0 Å². The molecule has 0 bridgehead atoms.